The summed E-state index contributed by atoms with van der Waals surface area (Å²) in [6, 6.07) is 18.4. The van der Waals surface area contributed by atoms with Gasteiger partial charge in [-0.15, -0.1) is 24.0 Å². The van der Waals surface area contributed by atoms with Crippen molar-refractivity contribution in [3.8, 4) is 5.75 Å². The van der Waals surface area contributed by atoms with Gasteiger partial charge >= 0.3 is 0 Å². The monoisotopic (exact) mass is 538 g/mol. The molecule has 6 nitrogen and oxygen atoms in total. The quantitative estimate of drug-likeness (QED) is 0.292. The number of aliphatic imine (C=N–C) groups is 1. The van der Waals surface area contributed by atoms with Gasteiger partial charge in [-0.05, 0) is 29.7 Å². The van der Waals surface area contributed by atoms with Crippen LogP contribution in [0.25, 0.3) is 0 Å². The van der Waals surface area contributed by atoms with Crippen molar-refractivity contribution in [2.45, 2.75) is 25.7 Å². The smallest absolute Gasteiger partial charge is 0.243 e. The van der Waals surface area contributed by atoms with Gasteiger partial charge in [-0.2, -0.15) is 0 Å². The van der Waals surface area contributed by atoms with E-state index in [1.54, 1.807) is 26.1 Å². The van der Waals surface area contributed by atoms with E-state index in [4.69, 9.17) is 4.74 Å². The highest BCUT2D eigenvalue weighted by molar-refractivity contribution is 14.0. The lowest BCUT2D eigenvalue weighted by Crippen LogP contribution is -2.44. The minimum atomic E-state index is -0.0781. The van der Waals surface area contributed by atoms with E-state index >= 15 is 0 Å². The normalized spacial score (nSPS) is 11.3. The molecule has 0 aliphatic rings. The van der Waals surface area contributed by atoms with Crippen LogP contribution in [0.2, 0.25) is 0 Å². The standard InChI is InChI=1S/C24H34N4O2.HI/c1-24(2,20-9-7-6-8-10-20)18-27-23(26-17-22(29)28(3)4)25-16-15-19-11-13-21(30-5)14-12-19;/h6-14H,15-18H2,1-5H3,(H2,25,26,27);1H. The summed E-state index contributed by atoms with van der Waals surface area (Å²) in [5.74, 6) is 1.46. The lowest BCUT2D eigenvalue weighted by molar-refractivity contribution is -0.127. The number of amides is 1. The largest absolute Gasteiger partial charge is 0.497 e. The van der Waals surface area contributed by atoms with E-state index in [1.807, 2.05) is 18.2 Å². The third-order valence-corrected chi connectivity index (χ3v) is 4.99. The predicted octanol–water partition coefficient (Wildman–Crippen LogP) is 3.46. The number of halogens is 1. The van der Waals surface area contributed by atoms with Gasteiger partial charge in [0.25, 0.3) is 0 Å². The lowest BCUT2D eigenvalue weighted by atomic mass is 9.85. The number of likely N-dealkylation sites (N-methyl/N-ethyl adjacent to an activating group) is 1. The molecule has 7 heteroatoms. The highest BCUT2D eigenvalue weighted by Crippen LogP contribution is 2.21. The van der Waals surface area contributed by atoms with Crippen molar-refractivity contribution in [3.63, 3.8) is 0 Å². The number of hydrogen-bond donors (Lipinski definition) is 2. The van der Waals surface area contributed by atoms with Crippen LogP contribution in [0.1, 0.15) is 25.0 Å². The summed E-state index contributed by atoms with van der Waals surface area (Å²) in [6.45, 7) is 5.89. The molecule has 0 radical (unpaired) electrons. The number of ether oxygens (including phenoxy) is 1. The van der Waals surface area contributed by atoms with Crippen molar-refractivity contribution >= 4 is 35.8 Å². The molecule has 0 saturated carbocycles. The fourth-order valence-corrected chi connectivity index (χ4v) is 2.88. The Morgan fingerprint density at radius 2 is 1.68 bits per heavy atom. The number of guanidine groups is 1. The molecular weight excluding hydrogens is 503 g/mol. The molecule has 0 heterocycles. The minimum absolute atomic E-state index is 0. The number of carbonyl (C=O) groups is 1. The molecule has 170 valence electrons. The molecule has 0 fully saturated rings. The number of nitrogens with one attached hydrogen (secondary N) is 2. The average molecular weight is 538 g/mol. The fourth-order valence-electron chi connectivity index (χ4n) is 2.88. The second kappa shape index (κ2) is 13.2. The van der Waals surface area contributed by atoms with Gasteiger partial charge in [0.05, 0.1) is 7.11 Å². The molecule has 2 N–H and O–H groups in total. The van der Waals surface area contributed by atoms with Crippen molar-refractivity contribution in [3.05, 3.63) is 65.7 Å². The Bertz CT molecular complexity index is 821. The Kier molecular flexibility index (Phi) is 11.4. The van der Waals surface area contributed by atoms with E-state index in [0.29, 0.717) is 19.0 Å². The van der Waals surface area contributed by atoms with Crippen LogP contribution in [-0.4, -0.2) is 57.6 Å². The van der Waals surface area contributed by atoms with Crippen LogP contribution in [0.5, 0.6) is 5.75 Å². The van der Waals surface area contributed by atoms with Gasteiger partial charge in [-0.1, -0.05) is 56.3 Å². The van der Waals surface area contributed by atoms with E-state index in [0.717, 1.165) is 12.2 Å². The van der Waals surface area contributed by atoms with Gasteiger partial charge in [0, 0.05) is 32.6 Å². The summed E-state index contributed by atoms with van der Waals surface area (Å²) in [5.41, 5.74) is 2.38. The highest BCUT2D eigenvalue weighted by atomic mass is 127. The summed E-state index contributed by atoms with van der Waals surface area (Å²) in [7, 11) is 5.14. The first-order valence-electron chi connectivity index (χ1n) is 10.2. The molecule has 0 aliphatic carbocycles. The molecule has 0 saturated heterocycles. The van der Waals surface area contributed by atoms with Gasteiger partial charge in [0.1, 0.15) is 12.3 Å². The maximum absolute atomic E-state index is 12.0. The first kappa shape index (κ1) is 26.7. The van der Waals surface area contributed by atoms with Crippen molar-refractivity contribution in [1.82, 2.24) is 15.5 Å². The number of methoxy groups -OCH3 is 1. The van der Waals surface area contributed by atoms with Crippen LogP contribution in [0.15, 0.2) is 59.6 Å². The second-order valence-corrected chi connectivity index (χ2v) is 8.08. The zero-order valence-electron chi connectivity index (χ0n) is 19.1. The van der Waals surface area contributed by atoms with Crippen molar-refractivity contribution in [2.24, 2.45) is 4.99 Å². The van der Waals surface area contributed by atoms with Crippen molar-refractivity contribution in [2.75, 3.05) is 40.8 Å². The van der Waals surface area contributed by atoms with Crippen LogP contribution in [0.4, 0.5) is 0 Å². The molecular formula is C24H35IN4O2. The third-order valence-electron chi connectivity index (χ3n) is 4.99. The van der Waals surface area contributed by atoms with E-state index in [2.05, 4.69) is 65.9 Å². The van der Waals surface area contributed by atoms with Gasteiger partial charge in [0.2, 0.25) is 5.91 Å². The maximum Gasteiger partial charge on any atom is 0.243 e. The van der Waals surface area contributed by atoms with E-state index in [1.165, 1.54) is 11.1 Å². The minimum Gasteiger partial charge on any atom is -0.497 e. The molecule has 0 unspecified atom stereocenters. The van der Waals surface area contributed by atoms with Crippen LogP contribution >= 0.6 is 24.0 Å². The Morgan fingerprint density at radius 1 is 1.03 bits per heavy atom. The van der Waals surface area contributed by atoms with Gasteiger partial charge in [-0.3, -0.25) is 4.79 Å². The van der Waals surface area contributed by atoms with Crippen molar-refractivity contribution in [1.29, 1.82) is 0 Å². The summed E-state index contributed by atoms with van der Waals surface area (Å²) in [5, 5.41) is 6.76. The van der Waals surface area contributed by atoms with Gasteiger partial charge < -0.3 is 20.3 Å². The van der Waals surface area contributed by atoms with Crippen LogP contribution in [0, 0.1) is 0 Å². The van der Waals surface area contributed by atoms with E-state index in [-0.39, 0.29) is 41.8 Å². The van der Waals surface area contributed by atoms with E-state index < -0.39 is 0 Å². The first-order chi connectivity index (χ1) is 14.3. The van der Waals surface area contributed by atoms with E-state index in [9.17, 15) is 4.79 Å². The molecule has 2 rings (SSSR count). The Hall–Kier alpha value is -2.29. The SMILES string of the molecule is COc1ccc(CCNC(=NCC(=O)N(C)C)NCC(C)(C)c2ccccc2)cc1.I. The Morgan fingerprint density at radius 3 is 2.26 bits per heavy atom. The zero-order valence-corrected chi connectivity index (χ0v) is 21.5. The molecule has 0 bridgehead atoms. The third kappa shape index (κ3) is 9.16. The average Bonchev–Trinajstić information content (AvgIpc) is 2.76. The summed E-state index contributed by atoms with van der Waals surface area (Å²) in [4.78, 5) is 18.0. The molecule has 0 spiro atoms. The summed E-state index contributed by atoms with van der Waals surface area (Å²) >= 11 is 0. The number of benzene rings is 2. The summed E-state index contributed by atoms with van der Waals surface area (Å²) in [6.07, 6.45) is 0.842. The Labute approximate surface area is 203 Å². The van der Waals surface area contributed by atoms with Gasteiger partial charge in [-0.25, -0.2) is 4.99 Å². The molecule has 31 heavy (non-hydrogen) atoms. The van der Waals surface area contributed by atoms with Crippen molar-refractivity contribution < 1.29 is 9.53 Å². The molecule has 0 aliphatic heterocycles. The van der Waals surface area contributed by atoms with Crippen LogP contribution < -0.4 is 15.4 Å². The maximum atomic E-state index is 12.0. The number of rotatable bonds is 9. The molecule has 1 amide bonds. The zero-order chi connectivity index (χ0) is 22.0. The first-order valence-corrected chi connectivity index (χ1v) is 10.2. The topological polar surface area (TPSA) is 66.0 Å². The fraction of sp³-hybridized carbons (Fsp3) is 0.417. The van der Waals surface area contributed by atoms with Crippen LogP contribution in [0.3, 0.4) is 0 Å². The number of carbonyl (C=O) groups excluding carboxylic acids is 1. The number of nitrogens with zero attached hydrogens (tertiary/aromatic N) is 2. The lowest BCUT2D eigenvalue weighted by Gasteiger charge is -2.27. The highest BCUT2D eigenvalue weighted by Gasteiger charge is 2.20. The molecule has 0 aromatic heterocycles. The van der Waals surface area contributed by atoms with Gasteiger partial charge in [0.15, 0.2) is 5.96 Å². The number of hydrogen-bond acceptors (Lipinski definition) is 3. The molecule has 0 atom stereocenters. The van der Waals surface area contributed by atoms with Crippen LogP contribution in [-0.2, 0) is 16.6 Å². The molecule has 2 aromatic carbocycles. The second-order valence-electron chi connectivity index (χ2n) is 8.08. The molecule has 2 aromatic rings. The summed E-state index contributed by atoms with van der Waals surface area (Å²) < 4.78 is 5.21. The predicted molar refractivity (Wildman–Crippen MR) is 139 cm³/mol. The Balaban J connectivity index is 0.00000480.